The molecule has 1 aliphatic heterocycles. The fourth-order valence-electron chi connectivity index (χ4n) is 1.77. The Labute approximate surface area is 96.1 Å². The van der Waals surface area contributed by atoms with Gasteiger partial charge in [-0.25, -0.2) is 4.79 Å². The van der Waals surface area contributed by atoms with E-state index >= 15 is 0 Å². The Hall–Kier alpha value is -1.26. The number of amides is 1. The van der Waals surface area contributed by atoms with Gasteiger partial charge < -0.3 is 9.94 Å². The first-order chi connectivity index (χ1) is 7.18. The Bertz CT molecular complexity index is 316. The highest BCUT2D eigenvalue weighted by Crippen LogP contribution is 2.27. The van der Waals surface area contributed by atoms with Gasteiger partial charge in [0.15, 0.2) is 0 Å². The average molecular weight is 228 g/mol. The van der Waals surface area contributed by atoms with Gasteiger partial charge in [-0.3, -0.25) is 4.90 Å². The molecule has 0 spiro atoms. The number of carbonyl (C=O) groups excluding carboxylic acids is 1. The fraction of sp³-hybridized carbons (Fsp3) is 0.818. The van der Waals surface area contributed by atoms with E-state index in [1.54, 1.807) is 4.90 Å². The highest BCUT2D eigenvalue weighted by molar-refractivity contribution is 5.97. The normalized spacial score (nSPS) is 22.6. The van der Waals surface area contributed by atoms with Gasteiger partial charge in [0.05, 0.1) is 11.3 Å². The van der Waals surface area contributed by atoms with Crippen molar-refractivity contribution < 1.29 is 14.7 Å². The van der Waals surface area contributed by atoms with Crippen LogP contribution < -0.4 is 0 Å². The summed E-state index contributed by atoms with van der Waals surface area (Å²) in [5.74, 6) is 0. The molecule has 0 unspecified atom stereocenters. The van der Waals surface area contributed by atoms with E-state index < -0.39 is 11.1 Å². The Balaban J connectivity index is 2.80. The summed E-state index contributed by atoms with van der Waals surface area (Å²) < 4.78 is 5.30. The Morgan fingerprint density at radius 2 is 2.06 bits per heavy atom. The first-order valence-electron chi connectivity index (χ1n) is 5.40. The summed E-state index contributed by atoms with van der Waals surface area (Å²) in [7, 11) is 0. The largest absolute Gasteiger partial charge is 0.444 e. The Morgan fingerprint density at radius 1 is 1.50 bits per heavy atom. The molecule has 1 aliphatic rings. The predicted molar refractivity (Wildman–Crippen MR) is 60.9 cm³/mol. The number of rotatable bonds is 0. The van der Waals surface area contributed by atoms with E-state index in [0.29, 0.717) is 18.7 Å². The SMILES string of the molecule is CC(C)(C)OC(=O)N1CC/C(=N/O)C1(C)C. The molecule has 0 aromatic heterocycles. The zero-order chi connectivity index (χ0) is 12.6. The van der Waals surface area contributed by atoms with Crippen LogP contribution in [-0.2, 0) is 4.74 Å². The number of carbonyl (C=O) groups is 1. The fourth-order valence-corrected chi connectivity index (χ4v) is 1.77. The molecule has 16 heavy (non-hydrogen) atoms. The van der Waals surface area contributed by atoms with Crippen molar-refractivity contribution in [1.82, 2.24) is 4.90 Å². The molecular weight excluding hydrogens is 208 g/mol. The summed E-state index contributed by atoms with van der Waals surface area (Å²) in [6.45, 7) is 9.71. The molecule has 0 aromatic rings. The summed E-state index contributed by atoms with van der Waals surface area (Å²) in [6.07, 6.45) is 0.221. The summed E-state index contributed by atoms with van der Waals surface area (Å²) >= 11 is 0. The number of likely N-dealkylation sites (tertiary alicyclic amines) is 1. The quantitative estimate of drug-likeness (QED) is 0.511. The molecule has 5 nitrogen and oxygen atoms in total. The van der Waals surface area contributed by atoms with Gasteiger partial charge in [0, 0.05) is 13.0 Å². The maximum atomic E-state index is 11.9. The molecule has 1 fully saturated rings. The minimum Gasteiger partial charge on any atom is -0.444 e. The number of ether oxygens (including phenoxy) is 1. The van der Waals surface area contributed by atoms with Crippen LogP contribution in [0.1, 0.15) is 41.0 Å². The number of hydrogen-bond acceptors (Lipinski definition) is 4. The third-order valence-electron chi connectivity index (χ3n) is 2.69. The minimum absolute atomic E-state index is 0.365. The van der Waals surface area contributed by atoms with Crippen molar-refractivity contribution in [2.45, 2.75) is 52.2 Å². The monoisotopic (exact) mass is 228 g/mol. The van der Waals surface area contributed by atoms with E-state index in [1.165, 1.54) is 0 Å². The standard InChI is InChI=1S/C11H20N2O3/c1-10(2,3)16-9(14)13-7-6-8(12-15)11(13,4)5/h15H,6-7H2,1-5H3/b12-8-. The van der Waals surface area contributed by atoms with Gasteiger partial charge in [-0.15, -0.1) is 0 Å². The molecule has 0 aliphatic carbocycles. The number of oxime groups is 1. The van der Waals surface area contributed by atoms with Crippen LogP contribution in [0.5, 0.6) is 0 Å². The smallest absolute Gasteiger partial charge is 0.411 e. The molecule has 0 radical (unpaired) electrons. The molecule has 0 saturated carbocycles. The molecular formula is C11H20N2O3. The van der Waals surface area contributed by atoms with Gasteiger partial charge in [-0.2, -0.15) is 0 Å². The van der Waals surface area contributed by atoms with Crippen molar-refractivity contribution in [2.24, 2.45) is 5.16 Å². The summed E-state index contributed by atoms with van der Waals surface area (Å²) in [5, 5.41) is 12.1. The van der Waals surface area contributed by atoms with Crippen LogP contribution in [0.2, 0.25) is 0 Å². The van der Waals surface area contributed by atoms with Crippen LogP contribution >= 0.6 is 0 Å². The second kappa shape index (κ2) is 3.96. The highest BCUT2D eigenvalue weighted by atomic mass is 16.6. The van der Waals surface area contributed by atoms with Gasteiger partial charge in [-0.05, 0) is 34.6 Å². The van der Waals surface area contributed by atoms with Crippen molar-refractivity contribution in [3.05, 3.63) is 0 Å². The van der Waals surface area contributed by atoms with Crippen molar-refractivity contribution >= 4 is 11.8 Å². The third-order valence-corrected chi connectivity index (χ3v) is 2.69. The summed E-state index contributed by atoms with van der Waals surface area (Å²) in [5.41, 5.74) is -0.470. The second-order valence-electron chi connectivity index (χ2n) is 5.49. The molecule has 1 rings (SSSR count). The lowest BCUT2D eigenvalue weighted by Gasteiger charge is -2.33. The number of hydrogen-bond donors (Lipinski definition) is 1. The van der Waals surface area contributed by atoms with Crippen molar-refractivity contribution in [1.29, 1.82) is 0 Å². The van der Waals surface area contributed by atoms with E-state index in [4.69, 9.17) is 9.94 Å². The summed E-state index contributed by atoms with van der Waals surface area (Å²) in [6, 6.07) is 0. The first kappa shape index (κ1) is 12.8. The van der Waals surface area contributed by atoms with Gasteiger partial charge in [-0.1, -0.05) is 5.16 Å². The molecule has 1 saturated heterocycles. The van der Waals surface area contributed by atoms with Crippen LogP contribution in [0.3, 0.4) is 0 Å². The van der Waals surface area contributed by atoms with Crippen LogP contribution in [0.4, 0.5) is 4.79 Å². The van der Waals surface area contributed by atoms with Gasteiger partial charge in [0.25, 0.3) is 0 Å². The molecule has 0 atom stereocenters. The van der Waals surface area contributed by atoms with Gasteiger partial charge in [0.1, 0.15) is 5.60 Å². The lowest BCUT2D eigenvalue weighted by atomic mass is 10.00. The average Bonchev–Trinajstić information content (AvgIpc) is 2.36. The van der Waals surface area contributed by atoms with Crippen molar-refractivity contribution in [3.63, 3.8) is 0 Å². The van der Waals surface area contributed by atoms with Crippen LogP contribution in [-0.4, -0.2) is 39.6 Å². The van der Waals surface area contributed by atoms with E-state index in [-0.39, 0.29) is 6.09 Å². The lowest BCUT2D eigenvalue weighted by Crippen LogP contribution is -2.48. The Kier molecular flexibility index (Phi) is 3.17. The molecule has 0 aromatic carbocycles. The van der Waals surface area contributed by atoms with E-state index in [9.17, 15) is 4.79 Å². The van der Waals surface area contributed by atoms with Crippen LogP contribution in [0.25, 0.3) is 0 Å². The maximum absolute atomic E-state index is 11.9. The predicted octanol–water partition coefficient (Wildman–Crippen LogP) is 2.24. The lowest BCUT2D eigenvalue weighted by molar-refractivity contribution is 0.0176. The second-order valence-corrected chi connectivity index (χ2v) is 5.49. The summed E-state index contributed by atoms with van der Waals surface area (Å²) in [4.78, 5) is 13.5. The van der Waals surface area contributed by atoms with Crippen molar-refractivity contribution in [2.75, 3.05) is 6.54 Å². The number of nitrogens with zero attached hydrogens (tertiary/aromatic N) is 2. The zero-order valence-electron chi connectivity index (χ0n) is 10.6. The maximum Gasteiger partial charge on any atom is 0.411 e. The molecule has 1 heterocycles. The van der Waals surface area contributed by atoms with Crippen molar-refractivity contribution in [3.8, 4) is 0 Å². The van der Waals surface area contributed by atoms with E-state index in [1.807, 2.05) is 34.6 Å². The zero-order valence-corrected chi connectivity index (χ0v) is 10.6. The molecule has 1 N–H and O–H groups in total. The van der Waals surface area contributed by atoms with E-state index in [2.05, 4.69) is 5.16 Å². The first-order valence-corrected chi connectivity index (χ1v) is 5.40. The van der Waals surface area contributed by atoms with E-state index in [0.717, 1.165) is 0 Å². The van der Waals surface area contributed by atoms with Gasteiger partial charge in [0.2, 0.25) is 0 Å². The third kappa shape index (κ3) is 2.46. The van der Waals surface area contributed by atoms with Crippen LogP contribution in [0, 0.1) is 0 Å². The minimum atomic E-state index is -0.572. The highest BCUT2D eigenvalue weighted by Gasteiger charge is 2.43. The van der Waals surface area contributed by atoms with Crippen LogP contribution in [0.15, 0.2) is 5.16 Å². The topological polar surface area (TPSA) is 62.1 Å². The molecule has 92 valence electrons. The Morgan fingerprint density at radius 3 is 2.44 bits per heavy atom. The molecule has 5 heteroatoms. The molecule has 0 bridgehead atoms. The van der Waals surface area contributed by atoms with Gasteiger partial charge >= 0.3 is 6.09 Å². The molecule has 1 amide bonds.